The Labute approximate surface area is 119 Å². The van der Waals surface area contributed by atoms with Gasteiger partial charge in [0, 0.05) is 12.1 Å². The van der Waals surface area contributed by atoms with Crippen molar-refractivity contribution in [1.29, 1.82) is 0 Å². The van der Waals surface area contributed by atoms with Crippen LogP contribution in [0.5, 0.6) is 0 Å². The molecule has 0 aliphatic carbocycles. The van der Waals surface area contributed by atoms with Gasteiger partial charge in [0.25, 0.3) is 15.7 Å². The monoisotopic (exact) mass is 303 g/mol. The largest absolute Gasteiger partial charge is 0.271 e. The Morgan fingerprint density at radius 1 is 1.10 bits per heavy atom. The normalized spacial score (nSPS) is 11.6. The third-order valence-electron chi connectivity index (χ3n) is 3.01. The molecule has 0 spiro atoms. The van der Waals surface area contributed by atoms with E-state index in [0.717, 1.165) is 10.3 Å². The lowest BCUT2D eigenvalue weighted by Crippen LogP contribution is -2.11. The highest BCUT2D eigenvalue weighted by Crippen LogP contribution is 2.23. The highest BCUT2D eigenvalue weighted by Gasteiger charge is 2.20. The number of nitrogens with zero attached hydrogens (tertiary/aromatic N) is 3. The van der Waals surface area contributed by atoms with E-state index < -0.39 is 14.9 Å². The fourth-order valence-electron chi connectivity index (χ4n) is 1.99. The number of nitro groups is 1. The van der Waals surface area contributed by atoms with Crippen LogP contribution in [0, 0.1) is 10.1 Å². The SMILES string of the molecule is O=[N+]([O-])c1ccc2c(c1)ncn2S(=O)(=O)c1ccccc1. The molecule has 0 atom stereocenters. The summed E-state index contributed by atoms with van der Waals surface area (Å²) in [6.07, 6.45) is 1.15. The first-order valence-electron chi connectivity index (χ1n) is 5.92. The van der Waals surface area contributed by atoms with E-state index in [4.69, 9.17) is 0 Å². The molecule has 0 amide bonds. The molecule has 3 rings (SSSR count). The van der Waals surface area contributed by atoms with Crippen LogP contribution in [0.3, 0.4) is 0 Å². The van der Waals surface area contributed by atoms with Gasteiger partial charge in [-0.15, -0.1) is 0 Å². The molecule has 1 heterocycles. The lowest BCUT2D eigenvalue weighted by atomic mass is 10.3. The van der Waals surface area contributed by atoms with E-state index in [-0.39, 0.29) is 16.1 Å². The molecule has 0 unspecified atom stereocenters. The molecule has 0 radical (unpaired) electrons. The summed E-state index contributed by atoms with van der Waals surface area (Å²) in [6.45, 7) is 0. The second kappa shape index (κ2) is 4.67. The number of hydrogen-bond donors (Lipinski definition) is 0. The zero-order chi connectivity index (χ0) is 15.0. The van der Waals surface area contributed by atoms with Crippen LogP contribution in [-0.2, 0) is 10.0 Å². The molecular formula is C13H9N3O4S. The molecule has 1 aromatic heterocycles. The molecule has 0 aliphatic heterocycles. The van der Waals surface area contributed by atoms with E-state index in [1.807, 2.05) is 0 Å². The molecule has 2 aromatic carbocycles. The fourth-order valence-corrected chi connectivity index (χ4v) is 3.30. The second-order valence-electron chi connectivity index (χ2n) is 4.29. The topological polar surface area (TPSA) is 95.1 Å². The minimum atomic E-state index is -3.77. The van der Waals surface area contributed by atoms with Crippen molar-refractivity contribution < 1.29 is 13.3 Å². The molecule has 3 aromatic rings. The first-order valence-corrected chi connectivity index (χ1v) is 7.36. The predicted octanol–water partition coefficient (Wildman–Crippen LogP) is 2.18. The van der Waals surface area contributed by atoms with Crippen LogP contribution in [0.2, 0.25) is 0 Å². The van der Waals surface area contributed by atoms with Gasteiger partial charge in [-0.25, -0.2) is 17.4 Å². The van der Waals surface area contributed by atoms with Crippen LogP contribution in [0.1, 0.15) is 0 Å². The third kappa shape index (κ3) is 2.15. The molecule has 106 valence electrons. The molecule has 0 N–H and O–H groups in total. The minimum absolute atomic E-state index is 0.127. The summed E-state index contributed by atoms with van der Waals surface area (Å²) in [5.41, 5.74) is 0.415. The van der Waals surface area contributed by atoms with Crippen molar-refractivity contribution in [2.45, 2.75) is 4.90 Å². The average molecular weight is 303 g/mol. The van der Waals surface area contributed by atoms with Gasteiger partial charge in [-0.2, -0.15) is 0 Å². The Morgan fingerprint density at radius 2 is 1.81 bits per heavy atom. The summed E-state index contributed by atoms with van der Waals surface area (Å²) in [5, 5.41) is 10.7. The van der Waals surface area contributed by atoms with Gasteiger partial charge >= 0.3 is 0 Å². The van der Waals surface area contributed by atoms with Gasteiger partial charge < -0.3 is 0 Å². The van der Waals surface area contributed by atoms with Gasteiger partial charge in [0.15, 0.2) is 0 Å². The number of nitro benzene ring substituents is 1. The van der Waals surface area contributed by atoms with Crippen molar-refractivity contribution in [3.63, 3.8) is 0 Å². The van der Waals surface area contributed by atoms with E-state index in [1.165, 1.54) is 30.3 Å². The third-order valence-corrected chi connectivity index (χ3v) is 4.69. The number of rotatable bonds is 3. The molecule has 7 nitrogen and oxygen atoms in total. The van der Waals surface area contributed by atoms with Crippen molar-refractivity contribution in [1.82, 2.24) is 8.96 Å². The lowest BCUT2D eigenvalue weighted by Gasteiger charge is -2.06. The van der Waals surface area contributed by atoms with E-state index in [1.54, 1.807) is 18.2 Å². The second-order valence-corrected chi connectivity index (χ2v) is 6.10. The first kappa shape index (κ1) is 13.3. The maximum Gasteiger partial charge on any atom is 0.271 e. The van der Waals surface area contributed by atoms with Crippen LogP contribution in [-0.4, -0.2) is 22.3 Å². The van der Waals surface area contributed by atoms with Crippen LogP contribution in [0.4, 0.5) is 5.69 Å². The lowest BCUT2D eigenvalue weighted by molar-refractivity contribution is -0.384. The maximum atomic E-state index is 12.5. The fraction of sp³-hybridized carbons (Fsp3) is 0. The van der Waals surface area contributed by atoms with Gasteiger partial charge in [0.2, 0.25) is 0 Å². The van der Waals surface area contributed by atoms with Crippen LogP contribution < -0.4 is 0 Å². The van der Waals surface area contributed by atoms with Gasteiger partial charge in [-0.1, -0.05) is 18.2 Å². The molecule has 0 bridgehead atoms. The molecule has 0 fully saturated rings. The Morgan fingerprint density at radius 3 is 2.48 bits per heavy atom. The van der Waals surface area contributed by atoms with Gasteiger partial charge in [0.1, 0.15) is 6.33 Å². The van der Waals surface area contributed by atoms with Crippen LogP contribution >= 0.6 is 0 Å². The van der Waals surface area contributed by atoms with Gasteiger partial charge in [-0.3, -0.25) is 10.1 Å². The van der Waals surface area contributed by atoms with Crippen molar-refractivity contribution >= 4 is 26.7 Å². The first-order chi connectivity index (χ1) is 10.00. The Kier molecular flexibility index (Phi) is 2.95. The van der Waals surface area contributed by atoms with Crippen molar-refractivity contribution in [2.24, 2.45) is 0 Å². The maximum absolute atomic E-state index is 12.5. The number of fused-ring (bicyclic) bond motifs is 1. The molecule has 21 heavy (non-hydrogen) atoms. The molecular weight excluding hydrogens is 294 g/mol. The predicted molar refractivity (Wildman–Crippen MR) is 75.4 cm³/mol. The van der Waals surface area contributed by atoms with Crippen molar-refractivity contribution in [2.75, 3.05) is 0 Å². The van der Waals surface area contributed by atoms with E-state index in [0.29, 0.717) is 5.52 Å². The van der Waals surface area contributed by atoms with Gasteiger partial charge in [0.05, 0.1) is 20.9 Å². The Hall–Kier alpha value is -2.74. The molecule has 0 aliphatic rings. The average Bonchev–Trinajstić information content (AvgIpc) is 2.91. The highest BCUT2D eigenvalue weighted by molar-refractivity contribution is 7.90. The zero-order valence-corrected chi connectivity index (χ0v) is 11.4. The molecule has 0 saturated carbocycles. The summed E-state index contributed by atoms with van der Waals surface area (Å²) in [7, 11) is -3.77. The highest BCUT2D eigenvalue weighted by atomic mass is 32.2. The van der Waals surface area contributed by atoms with E-state index in [9.17, 15) is 18.5 Å². The standard InChI is InChI=1S/C13H9N3O4S/c17-16(18)10-6-7-13-12(8-10)14-9-15(13)21(19,20)11-4-2-1-3-5-11/h1-9H. The number of aromatic nitrogens is 2. The van der Waals surface area contributed by atoms with Crippen molar-refractivity contribution in [3.05, 3.63) is 65.0 Å². The van der Waals surface area contributed by atoms with Gasteiger partial charge in [-0.05, 0) is 18.2 Å². The number of non-ortho nitro benzene ring substituents is 1. The number of hydrogen-bond acceptors (Lipinski definition) is 5. The van der Waals surface area contributed by atoms with Crippen LogP contribution in [0.25, 0.3) is 11.0 Å². The number of imidazole rings is 1. The smallest absolute Gasteiger partial charge is 0.258 e. The minimum Gasteiger partial charge on any atom is -0.258 e. The Balaban J connectivity index is 2.20. The van der Waals surface area contributed by atoms with Crippen molar-refractivity contribution in [3.8, 4) is 0 Å². The number of benzene rings is 2. The summed E-state index contributed by atoms with van der Waals surface area (Å²) in [5.74, 6) is 0. The quantitative estimate of drug-likeness (QED) is 0.546. The van der Waals surface area contributed by atoms with E-state index >= 15 is 0 Å². The zero-order valence-electron chi connectivity index (χ0n) is 10.6. The van der Waals surface area contributed by atoms with E-state index in [2.05, 4.69) is 4.98 Å². The summed E-state index contributed by atoms with van der Waals surface area (Å²) in [4.78, 5) is 14.2. The summed E-state index contributed by atoms with van der Waals surface area (Å²) < 4.78 is 26.0. The molecule has 0 saturated heterocycles. The summed E-state index contributed by atoms with van der Waals surface area (Å²) in [6, 6.07) is 11.8. The van der Waals surface area contributed by atoms with Crippen LogP contribution in [0.15, 0.2) is 59.8 Å². The Bertz CT molecular complexity index is 932. The molecule has 8 heteroatoms. The summed E-state index contributed by atoms with van der Waals surface area (Å²) >= 11 is 0.